The third-order valence-electron chi connectivity index (χ3n) is 2.06. The molecular weight excluding hydrogens is 132 g/mol. The molecule has 2 saturated heterocycles. The predicted molar refractivity (Wildman–Crippen MR) is 35.1 cm³/mol. The highest BCUT2D eigenvalue weighted by Gasteiger charge is 2.50. The fourth-order valence-electron chi connectivity index (χ4n) is 1.50. The van der Waals surface area contributed by atoms with E-state index in [0.29, 0.717) is 19.5 Å². The van der Waals surface area contributed by atoms with E-state index in [1.807, 2.05) is 0 Å². The highest BCUT2D eigenvalue weighted by atomic mass is 16.3. The highest BCUT2D eigenvalue weighted by Crippen LogP contribution is 2.33. The molecule has 2 aliphatic heterocycles. The lowest BCUT2D eigenvalue weighted by Gasteiger charge is -2.07. The van der Waals surface area contributed by atoms with Crippen LogP contribution in [0.15, 0.2) is 5.29 Å². The van der Waals surface area contributed by atoms with Crippen molar-refractivity contribution in [3.63, 3.8) is 0 Å². The lowest BCUT2D eigenvalue weighted by Crippen LogP contribution is -2.22. The number of hydrogen-bond donors (Lipinski definition) is 0. The van der Waals surface area contributed by atoms with Gasteiger partial charge in [-0.25, -0.2) is 5.01 Å². The topological polar surface area (TPSA) is 38.7 Å². The highest BCUT2D eigenvalue weighted by molar-refractivity contribution is 4.86. The first kappa shape index (κ1) is 6.06. The van der Waals surface area contributed by atoms with Gasteiger partial charge in [-0.2, -0.15) is 10.0 Å². The summed E-state index contributed by atoms with van der Waals surface area (Å²) in [6.07, 6.45) is 1.71. The van der Waals surface area contributed by atoms with Crippen LogP contribution in [0, 0.1) is 4.91 Å². The number of nitrogens with zero attached hydrogens (tertiary/aromatic N) is 4. The van der Waals surface area contributed by atoms with Crippen LogP contribution < -0.4 is 0 Å². The lowest BCUT2D eigenvalue weighted by atomic mass is 10.4. The van der Waals surface area contributed by atoms with E-state index in [2.05, 4.69) is 22.2 Å². The SMILES string of the molecule is CCC1N2CN(N=O)CN12. The van der Waals surface area contributed by atoms with Crippen molar-refractivity contribution in [2.45, 2.75) is 19.5 Å². The first-order valence-corrected chi connectivity index (χ1v) is 3.48. The Labute approximate surface area is 59.1 Å². The molecule has 0 aromatic heterocycles. The Balaban J connectivity index is 1.89. The Kier molecular flexibility index (Phi) is 1.15. The van der Waals surface area contributed by atoms with E-state index in [1.54, 1.807) is 0 Å². The van der Waals surface area contributed by atoms with Crippen LogP contribution in [-0.4, -0.2) is 34.5 Å². The van der Waals surface area contributed by atoms with E-state index >= 15 is 0 Å². The van der Waals surface area contributed by atoms with Crippen molar-refractivity contribution in [1.29, 1.82) is 0 Å². The first-order valence-electron chi connectivity index (χ1n) is 3.48. The van der Waals surface area contributed by atoms with Crippen molar-refractivity contribution in [2.24, 2.45) is 5.29 Å². The molecule has 2 aliphatic rings. The third kappa shape index (κ3) is 0.643. The Morgan fingerprint density at radius 1 is 1.50 bits per heavy atom. The Hall–Kier alpha value is -0.680. The van der Waals surface area contributed by atoms with Crippen molar-refractivity contribution >= 4 is 0 Å². The van der Waals surface area contributed by atoms with Crippen molar-refractivity contribution in [3.05, 3.63) is 4.91 Å². The molecular formula is C5H10N4O. The van der Waals surface area contributed by atoms with Crippen LogP contribution in [0.5, 0.6) is 0 Å². The second-order valence-electron chi connectivity index (χ2n) is 2.64. The van der Waals surface area contributed by atoms with Crippen LogP contribution in [0.2, 0.25) is 0 Å². The zero-order chi connectivity index (χ0) is 7.14. The number of hydrazine groups is 1. The second kappa shape index (κ2) is 1.90. The van der Waals surface area contributed by atoms with Crippen LogP contribution in [0.4, 0.5) is 0 Å². The fourth-order valence-corrected chi connectivity index (χ4v) is 1.50. The predicted octanol–water partition coefficient (Wildman–Crippen LogP) is 0.167. The lowest BCUT2D eigenvalue weighted by molar-refractivity contribution is 0.259. The van der Waals surface area contributed by atoms with Gasteiger partial charge in [0.05, 0.1) is 11.5 Å². The van der Waals surface area contributed by atoms with Crippen LogP contribution in [-0.2, 0) is 0 Å². The molecule has 2 heterocycles. The molecule has 0 bridgehead atoms. The van der Waals surface area contributed by atoms with E-state index in [-0.39, 0.29) is 0 Å². The summed E-state index contributed by atoms with van der Waals surface area (Å²) >= 11 is 0. The summed E-state index contributed by atoms with van der Waals surface area (Å²) in [7, 11) is 0. The van der Waals surface area contributed by atoms with E-state index in [4.69, 9.17) is 0 Å². The molecule has 0 saturated carbocycles. The Bertz CT molecular complexity index is 150. The van der Waals surface area contributed by atoms with Crippen molar-refractivity contribution in [1.82, 2.24) is 15.0 Å². The average Bonchev–Trinajstić information content (AvgIpc) is 2.43. The summed E-state index contributed by atoms with van der Waals surface area (Å²) in [4.78, 5) is 9.99. The average molecular weight is 142 g/mol. The van der Waals surface area contributed by atoms with Crippen LogP contribution >= 0.6 is 0 Å². The minimum atomic E-state index is 0.581. The number of nitroso groups, excluding NO2 is 1. The van der Waals surface area contributed by atoms with E-state index in [0.717, 1.165) is 6.42 Å². The van der Waals surface area contributed by atoms with Gasteiger partial charge in [0.25, 0.3) is 0 Å². The molecule has 0 aliphatic carbocycles. The zero-order valence-corrected chi connectivity index (χ0v) is 5.90. The van der Waals surface area contributed by atoms with Gasteiger partial charge in [0, 0.05) is 0 Å². The Morgan fingerprint density at radius 3 is 2.50 bits per heavy atom. The minimum Gasteiger partial charge on any atom is -0.230 e. The van der Waals surface area contributed by atoms with E-state index in [9.17, 15) is 4.91 Å². The maximum absolute atomic E-state index is 9.99. The minimum absolute atomic E-state index is 0.581. The maximum Gasteiger partial charge on any atom is 0.108 e. The monoisotopic (exact) mass is 142 g/mol. The molecule has 0 spiro atoms. The van der Waals surface area contributed by atoms with Crippen molar-refractivity contribution in [3.8, 4) is 0 Å². The summed E-state index contributed by atoms with van der Waals surface area (Å²) in [5.41, 5.74) is 0. The zero-order valence-electron chi connectivity index (χ0n) is 5.90. The molecule has 2 fully saturated rings. The third-order valence-corrected chi connectivity index (χ3v) is 2.06. The van der Waals surface area contributed by atoms with Gasteiger partial charge in [-0.1, -0.05) is 6.92 Å². The van der Waals surface area contributed by atoms with Crippen molar-refractivity contribution in [2.75, 3.05) is 13.3 Å². The van der Waals surface area contributed by atoms with E-state index in [1.165, 1.54) is 5.01 Å². The quantitative estimate of drug-likeness (QED) is 0.407. The van der Waals surface area contributed by atoms with Crippen LogP contribution in [0.25, 0.3) is 0 Å². The molecule has 0 amide bonds. The van der Waals surface area contributed by atoms with Crippen LogP contribution in [0.3, 0.4) is 0 Å². The maximum atomic E-state index is 9.99. The van der Waals surface area contributed by atoms with Gasteiger partial charge in [0.1, 0.15) is 13.3 Å². The normalized spacial score (nSPS) is 43.3. The summed E-state index contributed by atoms with van der Waals surface area (Å²) in [6.45, 7) is 3.51. The summed E-state index contributed by atoms with van der Waals surface area (Å²) in [5, 5.41) is 8.62. The van der Waals surface area contributed by atoms with Gasteiger partial charge >= 0.3 is 0 Å². The molecule has 2 rings (SSSR count). The number of fused-ring (bicyclic) bond motifs is 1. The van der Waals surface area contributed by atoms with Gasteiger partial charge in [-0.05, 0) is 6.42 Å². The number of hydrogen-bond acceptors (Lipinski definition) is 4. The van der Waals surface area contributed by atoms with Gasteiger partial charge in [-0.3, -0.25) is 0 Å². The van der Waals surface area contributed by atoms with E-state index < -0.39 is 0 Å². The second-order valence-corrected chi connectivity index (χ2v) is 2.64. The standard InChI is InChI=1S/C5H10N4O/c1-2-5-8-3-7(6-10)4-9(5)8/h5H,2-4H2,1H3. The molecule has 56 valence electrons. The smallest absolute Gasteiger partial charge is 0.108 e. The molecule has 0 aromatic rings. The molecule has 0 aromatic carbocycles. The molecule has 10 heavy (non-hydrogen) atoms. The summed E-state index contributed by atoms with van der Waals surface area (Å²) in [5.74, 6) is 0. The molecule has 0 N–H and O–H groups in total. The fraction of sp³-hybridized carbons (Fsp3) is 1.00. The van der Waals surface area contributed by atoms with Gasteiger partial charge in [-0.15, -0.1) is 4.91 Å². The Morgan fingerprint density at radius 2 is 2.10 bits per heavy atom. The molecule has 5 nitrogen and oxygen atoms in total. The summed E-state index contributed by atoms with van der Waals surface area (Å²) < 4.78 is 0. The van der Waals surface area contributed by atoms with Crippen LogP contribution in [0.1, 0.15) is 13.3 Å². The first-order chi connectivity index (χ1) is 4.86. The molecule has 2 unspecified atom stereocenters. The van der Waals surface area contributed by atoms with Gasteiger partial charge in [0.2, 0.25) is 0 Å². The summed E-state index contributed by atoms with van der Waals surface area (Å²) in [6, 6.07) is 0. The largest absolute Gasteiger partial charge is 0.230 e. The molecule has 2 atom stereocenters. The molecule has 5 heteroatoms. The van der Waals surface area contributed by atoms with Gasteiger partial charge < -0.3 is 0 Å². The molecule has 0 radical (unpaired) electrons. The van der Waals surface area contributed by atoms with Crippen molar-refractivity contribution < 1.29 is 0 Å². The van der Waals surface area contributed by atoms with Gasteiger partial charge in [0.15, 0.2) is 0 Å². The number of rotatable bonds is 2.